The smallest absolute Gasteiger partial charge is 0.313 e. The van der Waals surface area contributed by atoms with Crippen molar-refractivity contribution in [1.82, 2.24) is 0 Å². The highest BCUT2D eigenvalue weighted by Gasteiger charge is 2.21. The van der Waals surface area contributed by atoms with Crippen molar-refractivity contribution < 1.29 is 97.1 Å². The predicted octanol–water partition coefficient (Wildman–Crippen LogP) is 26.4. The number of hydrogen-bond acceptors (Lipinski definition) is 19. The van der Waals surface area contributed by atoms with Crippen LogP contribution in [0.25, 0.3) is 0 Å². The molecular weight excluding hydrogens is 1540 g/mol. The number of carboxylic acids is 1. The lowest BCUT2D eigenvalue weighted by molar-refractivity contribution is -0.167. The van der Waals surface area contributed by atoms with Gasteiger partial charge in [-0.25, -0.2) is 0 Å². The molecule has 1 saturated heterocycles. The van der Waals surface area contributed by atoms with Crippen molar-refractivity contribution in [3.05, 3.63) is 0 Å². The molecule has 1 aliphatic rings. The number of halogens is 1. The fourth-order valence-corrected chi connectivity index (χ4v) is 14.1. The Kier molecular flexibility index (Phi) is 105. The molecule has 20 nitrogen and oxygen atoms in total. The SMILES string of the molecule is CCCCCCCCCCCCCCCC(=O)Cl.CCCCCCCCCCCCCCCC(=O)OCC(COC(=O)CCCCCCCCCCCCCCC)OC(=O)CCCC(=O)O.CCCCCCCCCCCCCCCC(=O)OCC(O)COC(=O)CCCCCCCCCCCCCCC.O=C1CCCC(=O)O1.OCC(O)CO. The lowest BCUT2D eigenvalue weighted by Crippen LogP contribution is -2.31. The molecule has 1 rings (SSSR count). The average Bonchev–Trinajstić information content (AvgIpc) is 0.945. The molecule has 0 aliphatic carbocycles. The summed E-state index contributed by atoms with van der Waals surface area (Å²) in [5, 5.41) is 42.6. The highest BCUT2D eigenvalue weighted by molar-refractivity contribution is 6.63. The van der Waals surface area contributed by atoms with E-state index in [1.54, 1.807) is 0 Å². The van der Waals surface area contributed by atoms with Crippen LogP contribution in [0, 0.1) is 0 Å². The Morgan fingerprint density at radius 1 is 0.283 bits per heavy atom. The maximum absolute atomic E-state index is 12.3. The number of aliphatic hydroxyl groups excluding tert-OH is 4. The van der Waals surface area contributed by atoms with Gasteiger partial charge in [0.2, 0.25) is 5.24 Å². The van der Waals surface area contributed by atoms with Gasteiger partial charge < -0.3 is 54.0 Å². The number of ether oxygens (including phenoxy) is 6. The summed E-state index contributed by atoms with van der Waals surface area (Å²) in [5.41, 5.74) is 0. The average molecular weight is 1730 g/mol. The Balaban J connectivity index is -0.000000825. The number of carboxylic acid groups (broad SMARTS) is 1. The van der Waals surface area contributed by atoms with Crippen LogP contribution in [0.4, 0.5) is 0 Å². The van der Waals surface area contributed by atoms with Crippen LogP contribution in [0.3, 0.4) is 0 Å². The Morgan fingerprint density at radius 3 is 0.667 bits per heavy atom. The van der Waals surface area contributed by atoms with E-state index in [0.29, 0.717) is 51.4 Å². The zero-order valence-electron chi connectivity index (χ0n) is 78.0. The minimum atomic E-state index is -0.983. The number of hydrogen-bond donors (Lipinski definition) is 5. The van der Waals surface area contributed by atoms with Gasteiger partial charge in [-0.05, 0) is 56.5 Å². The molecule has 1 fully saturated rings. The number of rotatable bonds is 85. The van der Waals surface area contributed by atoms with Crippen molar-refractivity contribution in [2.75, 3.05) is 39.6 Å². The van der Waals surface area contributed by atoms with E-state index >= 15 is 0 Å². The second kappa shape index (κ2) is 104. The van der Waals surface area contributed by atoms with Gasteiger partial charge in [-0.1, -0.05) is 420 Å². The van der Waals surface area contributed by atoms with E-state index in [4.69, 9.17) is 55.7 Å². The first-order valence-corrected chi connectivity index (χ1v) is 50.3. The second-order valence-electron chi connectivity index (χ2n) is 33.8. The molecule has 0 spiro atoms. The van der Waals surface area contributed by atoms with Crippen molar-refractivity contribution in [1.29, 1.82) is 0 Å². The van der Waals surface area contributed by atoms with Gasteiger partial charge in [0.15, 0.2) is 6.10 Å². The molecule has 0 amide bonds. The molecule has 0 atom stereocenters. The third-order valence-electron chi connectivity index (χ3n) is 21.6. The summed E-state index contributed by atoms with van der Waals surface area (Å²) >= 11 is 5.28. The topological polar surface area (TPSA) is 310 Å². The molecule has 1 heterocycles. The molecule has 0 saturated carbocycles. The van der Waals surface area contributed by atoms with Gasteiger partial charge in [0.1, 0.15) is 38.6 Å². The quantitative estimate of drug-likeness (QED) is 0.0124. The number of unbranched alkanes of at least 4 members (excludes halogenated alkanes) is 60. The molecule has 0 bridgehead atoms. The summed E-state index contributed by atoms with van der Waals surface area (Å²) in [4.78, 5) is 102. The molecule has 1 aliphatic heterocycles. The summed E-state index contributed by atoms with van der Waals surface area (Å²) in [6, 6.07) is 0. The first-order chi connectivity index (χ1) is 58.3. The van der Waals surface area contributed by atoms with Crippen molar-refractivity contribution in [2.24, 2.45) is 0 Å². The minimum absolute atomic E-state index is 0.0669. The fourth-order valence-electron chi connectivity index (χ4n) is 13.9. The number of carbonyl (C=O) groups is 9. The van der Waals surface area contributed by atoms with E-state index in [1.165, 1.54) is 340 Å². The van der Waals surface area contributed by atoms with Crippen molar-refractivity contribution in [3.63, 3.8) is 0 Å². The summed E-state index contributed by atoms with van der Waals surface area (Å²) in [6.45, 7) is 9.96. The van der Waals surface area contributed by atoms with Crippen LogP contribution in [0.2, 0.25) is 0 Å². The van der Waals surface area contributed by atoms with Gasteiger partial charge >= 0.3 is 47.8 Å². The van der Waals surface area contributed by atoms with E-state index < -0.39 is 30.3 Å². The largest absolute Gasteiger partial charge is 0.481 e. The predicted molar refractivity (Wildman–Crippen MR) is 489 cm³/mol. The number of esters is 7. The number of carbonyl (C=O) groups excluding carboxylic acids is 8. The molecule has 710 valence electrons. The monoisotopic (exact) mass is 1730 g/mol. The number of cyclic esters (lactones) is 2. The van der Waals surface area contributed by atoms with Crippen LogP contribution in [-0.2, 0) is 71.6 Å². The summed E-state index contributed by atoms with van der Waals surface area (Å²) in [6.07, 6.45) is 82.8. The van der Waals surface area contributed by atoms with E-state index in [2.05, 4.69) is 39.4 Å². The van der Waals surface area contributed by atoms with Gasteiger partial charge in [-0.15, -0.1) is 0 Å². The van der Waals surface area contributed by atoms with Gasteiger partial charge in [0, 0.05) is 57.8 Å². The lowest BCUT2D eigenvalue weighted by atomic mass is 10.0. The van der Waals surface area contributed by atoms with Crippen LogP contribution in [0.15, 0.2) is 0 Å². The van der Waals surface area contributed by atoms with Gasteiger partial charge in [-0.3, -0.25) is 43.2 Å². The molecule has 0 aromatic carbocycles. The Labute approximate surface area is 738 Å². The Morgan fingerprint density at radius 2 is 0.483 bits per heavy atom. The molecule has 21 heteroatoms. The summed E-state index contributed by atoms with van der Waals surface area (Å²) in [7, 11) is 0. The van der Waals surface area contributed by atoms with Crippen LogP contribution < -0.4 is 0 Å². The zero-order chi connectivity index (χ0) is 89.2. The standard InChI is InChI=1S/C40H74O8.C35H68O5.C16H31ClO.C5H6O3.C3H8O3/c1-3-5-7-9-11-13-15-17-19-21-23-25-27-31-38(43)46-34-36(48-40(45)33-29-30-37(41)42)35-47-39(44)32-28-26-24-22-20-18-16-14-12-10-8-6-4-2;1-3-5-7-9-11-13-15-17-19-21-23-25-27-29-34(37)39-31-33(36)32-40-35(38)30-28-26-24-22-20-18-16-14-12-10-8-6-4-2;1-2-3-4-5-6-7-8-9-10-11-12-13-14-15-16(17)18;6-4-2-1-3-5(7)8-4;4-1-3(6)2-5/h36H,3-35H2,1-2H3,(H,41,42);33,36H,3-32H2,1-2H3;2-15H2,1H3;1-3H2;3-6H,1-2H2. The van der Waals surface area contributed by atoms with E-state index in [1.807, 2.05) is 0 Å². The van der Waals surface area contributed by atoms with Crippen LogP contribution in [0.5, 0.6) is 0 Å². The molecule has 0 aromatic rings. The van der Waals surface area contributed by atoms with Crippen LogP contribution >= 0.6 is 11.6 Å². The van der Waals surface area contributed by atoms with Gasteiger partial charge in [-0.2, -0.15) is 0 Å². The van der Waals surface area contributed by atoms with Crippen LogP contribution in [0.1, 0.15) is 523 Å². The Hall–Kier alpha value is -4.24. The molecule has 0 aromatic heterocycles. The normalized spacial score (nSPS) is 11.7. The maximum Gasteiger partial charge on any atom is 0.313 e. The molecule has 0 unspecified atom stereocenters. The number of aliphatic hydroxyl groups is 4. The van der Waals surface area contributed by atoms with Crippen molar-refractivity contribution >= 4 is 64.6 Å². The highest BCUT2D eigenvalue weighted by Crippen LogP contribution is 2.20. The van der Waals surface area contributed by atoms with Crippen molar-refractivity contribution in [2.45, 2.75) is 541 Å². The first-order valence-electron chi connectivity index (χ1n) is 49.9. The fraction of sp³-hybridized carbons (Fsp3) is 0.909. The molecular formula is C99H187ClO20. The maximum atomic E-state index is 12.3. The molecule has 5 N–H and O–H groups in total. The first kappa shape index (κ1) is 122. The summed E-state index contributed by atoms with van der Waals surface area (Å²) < 4.78 is 30.6. The van der Waals surface area contributed by atoms with E-state index in [9.17, 15) is 48.3 Å². The highest BCUT2D eigenvalue weighted by atomic mass is 35.5. The minimum Gasteiger partial charge on any atom is -0.481 e. The zero-order valence-corrected chi connectivity index (χ0v) is 78.7. The van der Waals surface area contributed by atoms with E-state index in [-0.39, 0.29) is 100.0 Å². The molecule has 0 radical (unpaired) electrons. The second-order valence-corrected chi connectivity index (χ2v) is 34.2. The van der Waals surface area contributed by atoms with Crippen molar-refractivity contribution in [3.8, 4) is 0 Å². The summed E-state index contributed by atoms with van der Waals surface area (Å²) in [5.74, 6) is -3.63. The van der Waals surface area contributed by atoms with Crippen LogP contribution in [-0.4, -0.2) is 136 Å². The number of aliphatic carboxylic acids is 1. The molecule has 120 heavy (non-hydrogen) atoms. The van der Waals surface area contributed by atoms with Gasteiger partial charge in [0.05, 0.1) is 13.2 Å². The lowest BCUT2D eigenvalue weighted by Gasteiger charge is -2.18. The third kappa shape index (κ3) is 110. The van der Waals surface area contributed by atoms with Gasteiger partial charge in [0.25, 0.3) is 0 Å². The Bertz CT molecular complexity index is 2130. The van der Waals surface area contributed by atoms with E-state index in [0.717, 1.165) is 77.0 Å². The third-order valence-corrected chi connectivity index (χ3v) is 21.8.